The third-order valence-electron chi connectivity index (χ3n) is 4.08. The van der Waals surface area contributed by atoms with E-state index >= 15 is 0 Å². The quantitative estimate of drug-likeness (QED) is 0.841. The SMILES string of the molecule is CCN(Cc1ccccc1)S(=O)(=O)CCC1CCCCN1. The molecule has 1 aliphatic heterocycles. The number of benzene rings is 1. The normalized spacial score (nSPS) is 19.8. The number of nitrogens with zero attached hydrogens (tertiary/aromatic N) is 1. The summed E-state index contributed by atoms with van der Waals surface area (Å²) in [5, 5.41) is 3.42. The van der Waals surface area contributed by atoms with E-state index in [1.807, 2.05) is 37.3 Å². The van der Waals surface area contributed by atoms with Crippen LogP contribution in [0.3, 0.4) is 0 Å². The van der Waals surface area contributed by atoms with Crippen LogP contribution in [-0.2, 0) is 16.6 Å². The zero-order valence-corrected chi connectivity index (χ0v) is 13.6. The van der Waals surface area contributed by atoms with Gasteiger partial charge in [0, 0.05) is 19.1 Å². The summed E-state index contributed by atoms with van der Waals surface area (Å²) in [6.45, 7) is 3.92. The van der Waals surface area contributed by atoms with E-state index in [1.54, 1.807) is 4.31 Å². The number of sulfonamides is 1. The van der Waals surface area contributed by atoms with Crippen molar-refractivity contribution in [2.75, 3.05) is 18.8 Å². The van der Waals surface area contributed by atoms with Gasteiger partial charge in [0.15, 0.2) is 0 Å². The lowest BCUT2D eigenvalue weighted by Crippen LogP contribution is -2.38. The third kappa shape index (κ3) is 5.09. The standard InChI is InChI=1S/C16H26N2O2S/c1-2-18(14-15-8-4-3-5-9-15)21(19,20)13-11-16-10-6-7-12-17-16/h3-5,8-9,16-17H,2,6-7,10-14H2,1H3. The van der Waals surface area contributed by atoms with Crippen molar-refractivity contribution in [3.63, 3.8) is 0 Å². The molecule has 0 saturated carbocycles. The van der Waals surface area contributed by atoms with Gasteiger partial charge < -0.3 is 5.32 Å². The van der Waals surface area contributed by atoms with Gasteiger partial charge in [0.1, 0.15) is 0 Å². The summed E-state index contributed by atoms with van der Waals surface area (Å²) in [4.78, 5) is 0. The maximum Gasteiger partial charge on any atom is 0.214 e. The molecule has 118 valence electrons. The van der Waals surface area contributed by atoms with Crippen molar-refractivity contribution in [1.82, 2.24) is 9.62 Å². The highest BCUT2D eigenvalue weighted by molar-refractivity contribution is 7.89. The van der Waals surface area contributed by atoms with Crippen LogP contribution in [0.25, 0.3) is 0 Å². The highest BCUT2D eigenvalue weighted by atomic mass is 32.2. The average molecular weight is 310 g/mol. The topological polar surface area (TPSA) is 49.4 Å². The molecule has 1 N–H and O–H groups in total. The smallest absolute Gasteiger partial charge is 0.214 e. The van der Waals surface area contributed by atoms with E-state index in [-0.39, 0.29) is 5.75 Å². The Labute approximate surface area is 128 Å². The summed E-state index contributed by atoms with van der Waals surface area (Å²) in [6.07, 6.45) is 4.23. The Morgan fingerprint density at radius 3 is 2.62 bits per heavy atom. The lowest BCUT2D eigenvalue weighted by molar-refractivity contribution is 0.383. The minimum atomic E-state index is -3.18. The molecule has 0 radical (unpaired) electrons. The molecule has 1 aromatic rings. The molecule has 0 aliphatic carbocycles. The second kappa shape index (κ2) is 7.92. The predicted molar refractivity (Wildman–Crippen MR) is 86.6 cm³/mol. The summed E-state index contributed by atoms with van der Waals surface area (Å²) in [5.74, 6) is 0.241. The van der Waals surface area contributed by atoms with Crippen LogP contribution < -0.4 is 5.32 Å². The van der Waals surface area contributed by atoms with Crippen molar-refractivity contribution in [2.45, 2.75) is 45.2 Å². The van der Waals surface area contributed by atoms with E-state index in [1.165, 1.54) is 12.8 Å². The number of piperidine rings is 1. The molecular formula is C16H26N2O2S. The minimum Gasteiger partial charge on any atom is -0.314 e. The highest BCUT2D eigenvalue weighted by Gasteiger charge is 2.23. The molecule has 0 aromatic heterocycles. The average Bonchev–Trinajstić information content (AvgIpc) is 2.52. The molecule has 1 atom stereocenters. The van der Waals surface area contributed by atoms with E-state index in [9.17, 15) is 8.42 Å². The Morgan fingerprint density at radius 2 is 2.00 bits per heavy atom. The van der Waals surface area contributed by atoms with Crippen molar-refractivity contribution >= 4 is 10.0 Å². The zero-order valence-electron chi connectivity index (χ0n) is 12.8. The van der Waals surface area contributed by atoms with E-state index in [0.717, 1.165) is 18.5 Å². The molecular weight excluding hydrogens is 284 g/mol. The van der Waals surface area contributed by atoms with Crippen LogP contribution >= 0.6 is 0 Å². The molecule has 4 nitrogen and oxygen atoms in total. The predicted octanol–water partition coefficient (Wildman–Crippen LogP) is 2.37. The Hall–Kier alpha value is -0.910. The monoisotopic (exact) mass is 310 g/mol. The second-order valence-electron chi connectivity index (χ2n) is 5.66. The van der Waals surface area contributed by atoms with Crippen molar-refractivity contribution in [3.05, 3.63) is 35.9 Å². The van der Waals surface area contributed by atoms with Gasteiger partial charge in [0.25, 0.3) is 0 Å². The number of hydrogen-bond donors (Lipinski definition) is 1. The number of nitrogens with one attached hydrogen (secondary N) is 1. The first-order valence-corrected chi connectivity index (χ1v) is 9.48. The fourth-order valence-corrected chi connectivity index (χ4v) is 4.36. The number of rotatable bonds is 7. The molecule has 1 aliphatic rings. The van der Waals surface area contributed by atoms with Gasteiger partial charge in [-0.05, 0) is 31.4 Å². The van der Waals surface area contributed by atoms with Crippen LogP contribution in [0.2, 0.25) is 0 Å². The second-order valence-corrected chi connectivity index (χ2v) is 7.75. The zero-order chi connectivity index (χ0) is 15.1. The van der Waals surface area contributed by atoms with Gasteiger partial charge in [-0.15, -0.1) is 0 Å². The summed E-state index contributed by atoms with van der Waals surface area (Å²) >= 11 is 0. The summed E-state index contributed by atoms with van der Waals surface area (Å²) in [6, 6.07) is 10.2. The molecule has 0 spiro atoms. The van der Waals surface area contributed by atoms with Crippen LogP contribution in [0, 0.1) is 0 Å². The molecule has 1 heterocycles. The van der Waals surface area contributed by atoms with Gasteiger partial charge >= 0.3 is 0 Å². The first-order valence-electron chi connectivity index (χ1n) is 7.87. The molecule has 0 amide bonds. The Balaban J connectivity index is 1.92. The first kappa shape index (κ1) is 16.5. The molecule has 1 unspecified atom stereocenters. The van der Waals surface area contributed by atoms with Crippen LogP contribution in [0.5, 0.6) is 0 Å². The number of hydrogen-bond acceptors (Lipinski definition) is 3. The van der Waals surface area contributed by atoms with Gasteiger partial charge in [-0.25, -0.2) is 8.42 Å². The molecule has 1 saturated heterocycles. The van der Waals surface area contributed by atoms with E-state index in [2.05, 4.69) is 5.32 Å². The Bertz CT molecular complexity index is 510. The van der Waals surface area contributed by atoms with Crippen LogP contribution in [0.4, 0.5) is 0 Å². The highest BCUT2D eigenvalue weighted by Crippen LogP contribution is 2.14. The van der Waals surface area contributed by atoms with Crippen LogP contribution in [0.1, 0.15) is 38.2 Å². The fourth-order valence-electron chi connectivity index (χ4n) is 2.78. The van der Waals surface area contributed by atoms with Gasteiger partial charge in [0.2, 0.25) is 10.0 Å². The molecule has 2 rings (SSSR count). The van der Waals surface area contributed by atoms with E-state index in [0.29, 0.717) is 25.6 Å². The molecule has 1 fully saturated rings. The maximum absolute atomic E-state index is 12.5. The lowest BCUT2D eigenvalue weighted by atomic mass is 10.0. The van der Waals surface area contributed by atoms with E-state index < -0.39 is 10.0 Å². The van der Waals surface area contributed by atoms with Crippen molar-refractivity contribution in [3.8, 4) is 0 Å². The van der Waals surface area contributed by atoms with Crippen molar-refractivity contribution in [2.24, 2.45) is 0 Å². The van der Waals surface area contributed by atoms with E-state index in [4.69, 9.17) is 0 Å². The van der Waals surface area contributed by atoms with Gasteiger partial charge in [-0.2, -0.15) is 4.31 Å². The summed E-state index contributed by atoms with van der Waals surface area (Å²) in [5.41, 5.74) is 1.04. The largest absolute Gasteiger partial charge is 0.314 e. The molecule has 1 aromatic carbocycles. The van der Waals surface area contributed by atoms with Crippen LogP contribution in [-0.4, -0.2) is 37.6 Å². The minimum absolute atomic E-state index is 0.241. The van der Waals surface area contributed by atoms with Gasteiger partial charge in [0.05, 0.1) is 5.75 Å². The Kier molecular flexibility index (Phi) is 6.21. The van der Waals surface area contributed by atoms with Gasteiger partial charge in [-0.3, -0.25) is 0 Å². The molecule has 5 heteroatoms. The fraction of sp³-hybridized carbons (Fsp3) is 0.625. The Morgan fingerprint density at radius 1 is 1.24 bits per heavy atom. The molecule has 0 bridgehead atoms. The van der Waals surface area contributed by atoms with Crippen molar-refractivity contribution < 1.29 is 8.42 Å². The first-order chi connectivity index (χ1) is 10.1. The maximum atomic E-state index is 12.5. The van der Waals surface area contributed by atoms with Gasteiger partial charge in [-0.1, -0.05) is 43.7 Å². The third-order valence-corrected chi connectivity index (χ3v) is 6.01. The summed E-state index contributed by atoms with van der Waals surface area (Å²) < 4.78 is 26.6. The summed E-state index contributed by atoms with van der Waals surface area (Å²) in [7, 11) is -3.18. The lowest BCUT2D eigenvalue weighted by Gasteiger charge is -2.25. The molecule has 21 heavy (non-hydrogen) atoms. The van der Waals surface area contributed by atoms with Crippen molar-refractivity contribution in [1.29, 1.82) is 0 Å². The van der Waals surface area contributed by atoms with Crippen LogP contribution in [0.15, 0.2) is 30.3 Å².